The van der Waals surface area contributed by atoms with Crippen molar-refractivity contribution in [1.29, 1.82) is 0 Å². The molecular formula is C28H27ClF4N4O5. The fourth-order valence-electron chi connectivity index (χ4n) is 3.91. The van der Waals surface area contributed by atoms with E-state index < -0.39 is 47.2 Å². The van der Waals surface area contributed by atoms with Crippen LogP contribution in [-0.2, 0) is 15.9 Å². The maximum Gasteiger partial charge on any atom is 0.424 e. The van der Waals surface area contributed by atoms with E-state index in [-0.39, 0.29) is 39.3 Å². The van der Waals surface area contributed by atoms with Gasteiger partial charge in [-0.05, 0) is 73.9 Å². The molecule has 1 saturated carbocycles. The number of nitrogens with two attached hydrogens (primary N) is 2. The van der Waals surface area contributed by atoms with Crippen molar-refractivity contribution < 1.29 is 41.7 Å². The highest BCUT2D eigenvalue weighted by Gasteiger charge is 2.57. The number of aliphatic hydroxyl groups is 1. The molecule has 0 bridgehead atoms. The van der Waals surface area contributed by atoms with Crippen LogP contribution in [0, 0.1) is 5.82 Å². The number of primary amides is 1. The SMILES string of the molecule is COc1cc(C(=O)NCC(O)(c2cc(C(C)(N)C(N)=O)cc(-c3ccc(F)c(Cl)c3)n2)C(F)(F)F)ccc1OC1CC1. The molecule has 0 spiro atoms. The first-order valence-electron chi connectivity index (χ1n) is 12.6. The molecule has 1 aromatic heterocycles. The topological polar surface area (TPSA) is 150 Å². The molecule has 1 aliphatic rings. The van der Waals surface area contributed by atoms with Crippen molar-refractivity contribution in [3.63, 3.8) is 0 Å². The molecule has 0 radical (unpaired) electrons. The Labute approximate surface area is 242 Å². The zero-order chi connectivity index (χ0) is 31.0. The van der Waals surface area contributed by atoms with Gasteiger partial charge in [-0.3, -0.25) is 9.59 Å². The summed E-state index contributed by atoms with van der Waals surface area (Å²) >= 11 is 5.85. The van der Waals surface area contributed by atoms with Crippen molar-refractivity contribution in [2.24, 2.45) is 11.5 Å². The fourth-order valence-corrected chi connectivity index (χ4v) is 4.09. The summed E-state index contributed by atoms with van der Waals surface area (Å²) in [5.74, 6) is -2.27. The van der Waals surface area contributed by atoms with E-state index >= 15 is 0 Å². The molecule has 1 aliphatic carbocycles. The van der Waals surface area contributed by atoms with Gasteiger partial charge in [0, 0.05) is 11.1 Å². The minimum absolute atomic E-state index is 0.0319. The zero-order valence-electron chi connectivity index (χ0n) is 22.4. The van der Waals surface area contributed by atoms with Gasteiger partial charge in [-0.15, -0.1) is 0 Å². The lowest BCUT2D eigenvalue weighted by atomic mass is 9.87. The normalized spacial score (nSPS) is 16.2. The number of rotatable bonds is 10. The molecule has 42 heavy (non-hydrogen) atoms. The Kier molecular flexibility index (Phi) is 8.40. The highest BCUT2D eigenvalue weighted by Crippen LogP contribution is 2.40. The van der Waals surface area contributed by atoms with Crippen LogP contribution in [0.25, 0.3) is 11.3 Å². The third kappa shape index (κ3) is 6.27. The molecule has 4 rings (SSSR count). The number of amides is 2. The van der Waals surface area contributed by atoms with E-state index in [9.17, 15) is 32.3 Å². The van der Waals surface area contributed by atoms with Crippen LogP contribution in [0.3, 0.4) is 0 Å². The number of aromatic nitrogens is 1. The second-order valence-corrected chi connectivity index (χ2v) is 10.5. The van der Waals surface area contributed by atoms with E-state index in [0.29, 0.717) is 5.75 Å². The number of benzene rings is 2. The van der Waals surface area contributed by atoms with Gasteiger partial charge in [0.1, 0.15) is 11.4 Å². The molecule has 0 aliphatic heterocycles. The molecule has 1 fully saturated rings. The molecule has 2 amide bonds. The van der Waals surface area contributed by atoms with Crippen molar-refractivity contribution in [1.82, 2.24) is 10.3 Å². The first-order valence-corrected chi connectivity index (χ1v) is 12.9. The van der Waals surface area contributed by atoms with Crippen LogP contribution in [0.4, 0.5) is 17.6 Å². The number of carbonyl (C=O) groups is 2. The van der Waals surface area contributed by atoms with Crippen LogP contribution in [0.15, 0.2) is 48.5 Å². The maximum atomic E-state index is 14.5. The molecule has 6 N–H and O–H groups in total. The van der Waals surface area contributed by atoms with E-state index in [1.807, 2.05) is 0 Å². The van der Waals surface area contributed by atoms with Gasteiger partial charge in [0.2, 0.25) is 11.5 Å². The molecule has 2 aromatic carbocycles. The number of nitrogens with one attached hydrogen (secondary N) is 1. The Morgan fingerprint density at radius 3 is 2.38 bits per heavy atom. The van der Waals surface area contributed by atoms with E-state index in [2.05, 4.69) is 10.3 Å². The summed E-state index contributed by atoms with van der Waals surface area (Å²) in [6, 6.07) is 9.28. The van der Waals surface area contributed by atoms with Crippen molar-refractivity contribution in [2.45, 2.75) is 43.2 Å². The van der Waals surface area contributed by atoms with Crippen molar-refractivity contribution in [3.05, 3.63) is 76.2 Å². The average Bonchev–Trinajstić information content (AvgIpc) is 3.76. The number of hydrogen-bond donors (Lipinski definition) is 4. The van der Waals surface area contributed by atoms with Crippen LogP contribution in [-0.4, -0.2) is 47.8 Å². The van der Waals surface area contributed by atoms with Gasteiger partial charge in [-0.2, -0.15) is 13.2 Å². The zero-order valence-corrected chi connectivity index (χ0v) is 23.1. The quantitative estimate of drug-likeness (QED) is 0.254. The largest absolute Gasteiger partial charge is 0.493 e. The molecule has 2 atom stereocenters. The van der Waals surface area contributed by atoms with Gasteiger partial charge in [0.05, 0.1) is 36.2 Å². The number of ether oxygens (including phenoxy) is 2. The number of nitrogens with zero attached hydrogens (tertiary/aromatic N) is 1. The van der Waals surface area contributed by atoms with Gasteiger partial charge < -0.3 is 31.4 Å². The van der Waals surface area contributed by atoms with Crippen molar-refractivity contribution >= 4 is 23.4 Å². The van der Waals surface area contributed by atoms with E-state index in [1.54, 1.807) is 0 Å². The maximum absolute atomic E-state index is 14.5. The molecule has 3 aromatic rings. The third-order valence-corrected chi connectivity index (χ3v) is 7.08. The van der Waals surface area contributed by atoms with Crippen LogP contribution in [0.5, 0.6) is 11.5 Å². The third-order valence-electron chi connectivity index (χ3n) is 6.79. The highest BCUT2D eigenvalue weighted by atomic mass is 35.5. The lowest BCUT2D eigenvalue weighted by Gasteiger charge is -2.32. The number of methoxy groups -OCH3 is 1. The summed E-state index contributed by atoms with van der Waals surface area (Å²) in [5, 5.41) is 12.8. The number of hydrogen-bond acceptors (Lipinski definition) is 7. The molecule has 14 heteroatoms. The minimum Gasteiger partial charge on any atom is -0.493 e. The van der Waals surface area contributed by atoms with Crippen LogP contribution >= 0.6 is 11.6 Å². The standard InChI is InChI=1S/C28H27ClF4N4O5/c1-26(35,25(34)39)16-11-20(14-3-7-19(30)18(29)9-14)37-23(12-16)27(40,28(31,32)33)13-36-24(38)15-4-8-21(22(10-15)41-2)42-17-5-6-17/h3-4,7-12,17,40H,5-6,13,35H2,1-2H3,(H2,34,39)(H,36,38). The first-order chi connectivity index (χ1) is 19.6. The summed E-state index contributed by atoms with van der Waals surface area (Å²) in [6.45, 7) is -0.218. The Morgan fingerprint density at radius 1 is 1.12 bits per heavy atom. The number of alkyl halides is 3. The predicted molar refractivity (Wildman–Crippen MR) is 144 cm³/mol. The number of pyridine rings is 1. The summed E-state index contributed by atoms with van der Waals surface area (Å²) in [6.07, 6.45) is -3.62. The second kappa shape index (κ2) is 11.4. The van der Waals surface area contributed by atoms with Crippen molar-refractivity contribution in [3.8, 4) is 22.8 Å². The monoisotopic (exact) mass is 610 g/mol. The molecule has 2 unspecified atom stereocenters. The van der Waals surface area contributed by atoms with Crippen LogP contribution in [0.2, 0.25) is 5.02 Å². The van der Waals surface area contributed by atoms with E-state index in [1.165, 1.54) is 37.4 Å². The van der Waals surface area contributed by atoms with Crippen LogP contribution < -0.4 is 26.3 Å². The predicted octanol–water partition coefficient (Wildman–Crippen LogP) is 3.93. The summed E-state index contributed by atoms with van der Waals surface area (Å²) in [7, 11) is 1.35. The van der Waals surface area contributed by atoms with Crippen LogP contribution in [0.1, 0.15) is 41.4 Å². The molecule has 1 heterocycles. The number of halogens is 5. The molecule has 224 valence electrons. The van der Waals surface area contributed by atoms with E-state index in [4.69, 9.17) is 32.5 Å². The van der Waals surface area contributed by atoms with Gasteiger partial charge in [-0.1, -0.05) is 11.6 Å². The minimum atomic E-state index is -5.39. The Morgan fingerprint density at radius 2 is 1.81 bits per heavy atom. The first kappa shape index (κ1) is 31.0. The summed E-state index contributed by atoms with van der Waals surface area (Å²) < 4.78 is 68.2. The Bertz CT molecular complexity index is 1530. The van der Waals surface area contributed by atoms with Crippen molar-refractivity contribution in [2.75, 3.05) is 13.7 Å². The molecule has 9 nitrogen and oxygen atoms in total. The van der Waals surface area contributed by atoms with Gasteiger partial charge in [0.25, 0.3) is 5.91 Å². The van der Waals surface area contributed by atoms with Gasteiger partial charge in [-0.25, -0.2) is 9.37 Å². The highest BCUT2D eigenvalue weighted by molar-refractivity contribution is 6.31. The smallest absolute Gasteiger partial charge is 0.424 e. The Hall–Kier alpha value is -3.94. The second-order valence-electron chi connectivity index (χ2n) is 10.0. The molecular weight excluding hydrogens is 584 g/mol. The average molecular weight is 611 g/mol. The lowest BCUT2D eigenvalue weighted by Crippen LogP contribution is -2.52. The Balaban J connectivity index is 1.73. The lowest BCUT2D eigenvalue weighted by molar-refractivity contribution is -0.265. The summed E-state index contributed by atoms with van der Waals surface area (Å²) in [5.41, 5.74) is 4.16. The van der Waals surface area contributed by atoms with Gasteiger partial charge in [0.15, 0.2) is 11.5 Å². The van der Waals surface area contributed by atoms with Gasteiger partial charge >= 0.3 is 6.18 Å². The summed E-state index contributed by atoms with van der Waals surface area (Å²) in [4.78, 5) is 28.9. The molecule has 0 saturated heterocycles. The fraction of sp³-hybridized carbons (Fsp3) is 0.321. The number of carbonyl (C=O) groups excluding carboxylic acids is 2. The van der Waals surface area contributed by atoms with E-state index in [0.717, 1.165) is 38.0 Å².